The van der Waals surface area contributed by atoms with Gasteiger partial charge in [-0.15, -0.1) is 0 Å². The molecule has 0 radical (unpaired) electrons. The second-order valence-corrected chi connectivity index (χ2v) is 5.77. The number of carbonyl (C=O) groups excluding carboxylic acids is 1. The number of hydrogen-bond acceptors (Lipinski definition) is 3. The summed E-state index contributed by atoms with van der Waals surface area (Å²) >= 11 is 0. The molecule has 102 valence electrons. The Morgan fingerprint density at radius 2 is 2.00 bits per heavy atom. The molecule has 3 rings (SSSR count). The smallest absolute Gasteiger partial charge is 0.310 e. The van der Waals surface area contributed by atoms with Crippen LogP contribution >= 0.6 is 0 Å². The van der Waals surface area contributed by atoms with E-state index in [0.29, 0.717) is 18.0 Å². The van der Waals surface area contributed by atoms with Crippen LogP contribution in [0.4, 0.5) is 0 Å². The van der Waals surface area contributed by atoms with E-state index in [1.165, 1.54) is 19.1 Å². The van der Waals surface area contributed by atoms with E-state index < -0.39 is 0 Å². The Labute approximate surface area is 114 Å². The van der Waals surface area contributed by atoms with E-state index in [4.69, 9.17) is 4.74 Å². The largest absolute Gasteiger partial charge is 0.469 e. The summed E-state index contributed by atoms with van der Waals surface area (Å²) in [7, 11) is 3.66. The van der Waals surface area contributed by atoms with Gasteiger partial charge in [0.1, 0.15) is 0 Å². The SMILES string of the molecule is COC(=O)[C@H]1[C@H](c2ccccc2)C[C@H]2CC[C@@H]1N2C. The summed E-state index contributed by atoms with van der Waals surface area (Å²) in [6.45, 7) is 0. The molecule has 2 fully saturated rings. The molecule has 0 aromatic heterocycles. The second kappa shape index (κ2) is 4.97. The van der Waals surface area contributed by atoms with E-state index in [0.717, 1.165) is 12.8 Å². The minimum Gasteiger partial charge on any atom is -0.469 e. The maximum absolute atomic E-state index is 12.2. The summed E-state index contributed by atoms with van der Waals surface area (Å²) in [5.41, 5.74) is 1.28. The maximum Gasteiger partial charge on any atom is 0.310 e. The third kappa shape index (κ3) is 2.06. The van der Waals surface area contributed by atoms with Gasteiger partial charge in [-0.1, -0.05) is 30.3 Å². The Kier molecular flexibility index (Phi) is 3.31. The Bertz CT molecular complexity index is 459. The number of benzene rings is 1. The summed E-state index contributed by atoms with van der Waals surface area (Å²) in [6.07, 6.45) is 3.39. The van der Waals surface area contributed by atoms with Gasteiger partial charge in [0, 0.05) is 18.0 Å². The lowest BCUT2D eigenvalue weighted by Crippen LogP contribution is -2.49. The number of esters is 1. The quantitative estimate of drug-likeness (QED) is 0.764. The highest BCUT2D eigenvalue weighted by molar-refractivity contribution is 5.75. The van der Waals surface area contributed by atoms with Gasteiger partial charge in [-0.2, -0.15) is 0 Å². The number of carbonyl (C=O) groups is 1. The van der Waals surface area contributed by atoms with Crippen molar-refractivity contribution in [2.24, 2.45) is 5.92 Å². The van der Waals surface area contributed by atoms with Gasteiger partial charge in [-0.25, -0.2) is 0 Å². The summed E-state index contributed by atoms with van der Waals surface area (Å²) in [6, 6.07) is 11.4. The lowest BCUT2D eigenvalue weighted by atomic mass is 9.76. The Hall–Kier alpha value is -1.35. The van der Waals surface area contributed by atoms with E-state index in [2.05, 4.69) is 36.2 Å². The monoisotopic (exact) mass is 259 g/mol. The topological polar surface area (TPSA) is 29.5 Å². The average molecular weight is 259 g/mol. The normalized spacial score (nSPS) is 34.2. The van der Waals surface area contributed by atoms with Gasteiger partial charge in [0.05, 0.1) is 13.0 Å². The molecule has 0 amide bonds. The fourth-order valence-corrected chi connectivity index (χ4v) is 3.97. The van der Waals surface area contributed by atoms with Crippen LogP contribution in [0.25, 0.3) is 0 Å². The number of rotatable bonds is 2. The molecule has 2 heterocycles. The van der Waals surface area contributed by atoms with Crippen molar-refractivity contribution in [1.29, 1.82) is 0 Å². The first-order chi connectivity index (χ1) is 9.22. The number of piperidine rings is 1. The van der Waals surface area contributed by atoms with Crippen LogP contribution in [0.15, 0.2) is 30.3 Å². The number of methoxy groups -OCH3 is 1. The van der Waals surface area contributed by atoms with Crippen LogP contribution in [0, 0.1) is 5.92 Å². The van der Waals surface area contributed by atoms with Gasteiger partial charge in [0.15, 0.2) is 0 Å². The van der Waals surface area contributed by atoms with Gasteiger partial charge in [-0.05, 0) is 31.9 Å². The van der Waals surface area contributed by atoms with Gasteiger partial charge in [-0.3, -0.25) is 9.69 Å². The van der Waals surface area contributed by atoms with Crippen molar-refractivity contribution in [2.45, 2.75) is 37.3 Å². The molecule has 2 aliphatic heterocycles. The van der Waals surface area contributed by atoms with Crippen molar-refractivity contribution in [1.82, 2.24) is 4.90 Å². The van der Waals surface area contributed by atoms with Crippen LogP contribution in [0.5, 0.6) is 0 Å². The molecule has 2 bridgehead atoms. The van der Waals surface area contributed by atoms with E-state index in [9.17, 15) is 4.79 Å². The van der Waals surface area contributed by atoms with Crippen molar-refractivity contribution in [3.63, 3.8) is 0 Å². The third-order valence-electron chi connectivity index (χ3n) is 4.97. The van der Waals surface area contributed by atoms with E-state index in [1.54, 1.807) is 0 Å². The number of hydrogen-bond donors (Lipinski definition) is 0. The van der Waals surface area contributed by atoms with Gasteiger partial charge >= 0.3 is 5.97 Å². The van der Waals surface area contributed by atoms with Gasteiger partial charge in [0.2, 0.25) is 0 Å². The van der Waals surface area contributed by atoms with Crippen molar-refractivity contribution < 1.29 is 9.53 Å². The molecule has 3 heteroatoms. The molecule has 0 unspecified atom stereocenters. The first-order valence-corrected chi connectivity index (χ1v) is 7.07. The zero-order chi connectivity index (χ0) is 13.4. The molecular weight excluding hydrogens is 238 g/mol. The zero-order valence-corrected chi connectivity index (χ0v) is 11.6. The molecule has 4 atom stereocenters. The standard InChI is InChI=1S/C16H21NO2/c1-17-12-8-9-14(17)15(16(18)19-2)13(10-12)11-6-4-3-5-7-11/h3-7,12-15H,8-10H2,1-2H3/t12-,13+,14+,15+/m1/s1. The number of nitrogens with zero attached hydrogens (tertiary/aromatic N) is 1. The molecule has 0 spiro atoms. The third-order valence-corrected chi connectivity index (χ3v) is 4.97. The van der Waals surface area contributed by atoms with Gasteiger partial charge in [0.25, 0.3) is 0 Å². The average Bonchev–Trinajstić information content (AvgIpc) is 2.70. The molecule has 2 aliphatic rings. The Morgan fingerprint density at radius 1 is 1.26 bits per heavy atom. The van der Waals surface area contributed by atoms with Crippen molar-refractivity contribution >= 4 is 5.97 Å². The predicted octanol–water partition coefficient (Wildman–Crippen LogP) is 2.43. The molecule has 0 aliphatic carbocycles. The van der Waals surface area contributed by atoms with Crippen LogP contribution in [0.1, 0.15) is 30.7 Å². The van der Waals surface area contributed by atoms with E-state index >= 15 is 0 Å². The fourth-order valence-electron chi connectivity index (χ4n) is 3.97. The first kappa shape index (κ1) is 12.7. The van der Waals surface area contributed by atoms with Crippen molar-refractivity contribution in [2.75, 3.05) is 14.2 Å². The van der Waals surface area contributed by atoms with Crippen LogP contribution in [-0.2, 0) is 9.53 Å². The van der Waals surface area contributed by atoms with Crippen LogP contribution in [0.2, 0.25) is 0 Å². The first-order valence-electron chi connectivity index (χ1n) is 7.07. The summed E-state index contributed by atoms with van der Waals surface area (Å²) in [4.78, 5) is 14.6. The molecule has 1 aromatic rings. The summed E-state index contributed by atoms with van der Waals surface area (Å²) < 4.78 is 5.07. The Morgan fingerprint density at radius 3 is 2.68 bits per heavy atom. The molecule has 2 saturated heterocycles. The molecule has 0 saturated carbocycles. The van der Waals surface area contributed by atoms with E-state index in [-0.39, 0.29) is 11.9 Å². The Balaban J connectivity index is 1.96. The van der Waals surface area contributed by atoms with Crippen LogP contribution < -0.4 is 0 Å². The minimum atomic E-state index is -0.0500. The second-order valence-electron chi connectivity index (χ2n) is 5.77. The van der Waals surface area contributed by atoms with Crippen molar-refractivity contribution in [3.8, 4) is 0 Å². The fraction of sp³-hybridized carbons (Fsp3) is 0.562. The molecule has 19 heavy (non-hydrogen) atoms. The molecule has 1 aromatic carbocycles. The molecule has 0 N–H and O–H groups in total. The lowest BCUT2D eigenvalue weighted by Gasteiger charge is -2.41. The predicted molar refractivity (Wildman–Crippen MR) is 73.9 cm³/mol. The maximum atomic E-state index is 12.2. The highest BCUT2D eigenvalue weighted by Gasteiger charge is 2.49. The molecular formula is C16H21NO2. The zero-order valence-electron chi connectivity index (χ0n) is 11.6. The summed E-state index contributed by atoms with van der Waals surface area (Å²) in [5.74, 6) is 0.240. The minimum absolute atomic E-state index is 0.0175. The van der Waals surface area contributed by atoms with E-state index in [1.807, 2.05) is 6.07 Å². The summed E-state index contributed by atoms with van der Waals surface area (Å²) in [5, 5.41) is 0. The lowest BCUT2D eigenvalue weighted by molar-refractivity contribution is -0.150. The van der Waals surface area contributed by atoms with Crippen molar-refractivity contribution in [3.05, 3.63) is 35.9 Å². The highest BCUT2D eigenvalue weighted by Crippen LogP contribution is 2.46. The van der Waals surface area contributed by atoms with Crippen LogP contribution in [-0.4, -0.2) is 37.1 Å². The van der Waals surface area contributed by atoms with Crippen LogP contribution in [0.3, 0.4) is 0 Å². The molecule has 3 nitrogen and oxygen atoms in total. The number of ether oxygens (including phenoxy) is 1. The highest BCUT2D eigenvalue weighted by atomic mass is 16.5. The van der Waals surface area contributed by atoms with Gasteiger partial charge < -0.3 is 4.74 Å². The number of fused-ring (bicyclic) bond motifs is 2.